The van der Waals surface area contributed by atoms with Crippen molar-refractivity contribution in [3.05, 3.63) is 36.1 Å². The van der Waals surface area contributed by atoms with Crippen LogP contribution < -0.4 is 0 Å². The molecule has 6 fully saturated rings. The molecule has 9 rings (SSSR count). The minimum absolute atomic E-state index is 0.795. The number of hydrogen-bond acceptors (Lipinski definition) is 2. The molecule has 48 heavy (non-hydrogen) atoms. The highest BCUT2D eigenvalue weighted by atomic mass is 15.3. The molecule has 2 nitrogen and oxygen atoms in total. The summed E-state index contributed by atoms with van der Waals surface area (Å²) in [6, 6.07) is 4.14. The summed E-state index contributed by atoms with van der Waals surface area (Å²) >= 11 is 0. The molecule has 266 valence electrons. The van der Waals surface area contributed by atoms with Crippen molar-refractivity contribution in [1.82, 2.24) is 9.80 Å². The topological polar surface area (TPSA) is 6.48 Å². The summed E-state index contributed by atoms with van der Waals surface area (Å²) in [6.45, 7) is 0. The van der Waals surface area contributed by atoms with Crippen molar-refractivity contribution in [2.75, 3.05) is 0 Å². The van der Waals surface area contributed by atoms with Crippen LogP contribution in [0.5, 0.6) is 0 Å². The van der Waals surface area contributed by atoms with Gasteiger partial charge < -0.3 is 4.90 Å². The molecule has 5 saturated carbocycles. The van der Waals surface area contributed by atoms with Gasteiger partial charge in [-0.3, -0.25) is 4.90 Å². The first-order chi connectivity index (χ1) is 23.8. The van der Waals surface area contributed by atoms with Gasteiger partial charge in [0.15, 0.2) is 0 Å². The molecule has 6 unspecified atom stereocenters. The van der Waals surface area contributed by atoms with E-state index in [1.54, 1.807) is 19.3 Å². The normalized spacial score (nSPS) is 44.4. The van der Waals surface area contributed by atoms with Crippen molar-refractivity contribution < 1.29 is 0 Å². The zero-order chi connectivity index (χ0) is 31.9. The lowest BCUT2D eigenvalue weighted by Crippen LogP contribution is -2.53. The van der Waals surface area contributed by atoms with Crippen LogP contribution in [0, 0.1) is 47.3 Å². The third kappa shape index (κ3) is 6.58. The molecule has 0 spiro atoms. The van der Waals surface area contributed by atoms with Gasteiger partial charge in [-0.15, -0.1) is 0 Å². The van der Waals surface area contributed by atoms with E-state index < -0.39 is 0 Å². The van der Waals surface area contributed by atoms with Gasteiger partial charge in [-0.25, -0.2) is 0 Å². The molecular formula is C46H72N2. The van der Waals surface area contributed by atoms with Gasteiger partial charge in [0.2, 0.25) is 0 Å². The summed E-state index contributed by atoms with van der Waals surface area (Å²) in [7, 11) is 0. The first-order valence-corrected chi connectivity index (χ1v) is 22.4. The van der Waals surface area contributed by atoms with Gasteiger partial charge >= 0.3 is 0 Å². The molecule has 1 aliphatic heterocycles. The van der Waals surface area contributed by atoms with Gasteiger partial charge in [0.25, 0.3) is 0 Å². The van der Waals surface area contributed by atoms with Gasteiger partial charge in [-0.2, -0.15) is 0 Å². The molecule has 0 N–H and O–H groups in total. The van der Waals surface area contributed by atoms with E-state index in [9.17, 15) is 0 Å². The maximum absolute atomic E-state index is 3.27. The van der Waals surface area contributed by atoms with Crippen LogP contribution in [-0.4, -0.2) is 40.0 Å². The van der Waals surface area contributed by atoms with Crippen LogP contribution in [0.1, 0.15) is 173 Å². The minimum atomic E-state index is 0.795. The van der Waals surface area contributed by atoms with Gasteiger partial charge in [0.1, 0.15) is 0 Å². The number of nitrogens with zero attached hydrogens (tertiary/aromatic N) is 2. The second-order valence-electron chi connectivity index (χ2n) is 19.2. The summed E-state index contributed by atoms with van der Waals surface area (Å²) in [6.07, 6.45) is 53.1. The van der Waals surface area contributed by atoms with Crippen molar-refractivity contribution in [2.45, 2.75) is 204 Å². The summed E-state index contributed by atoms with van der Waals surface area (Å²) in [4.78, 5) is 6.50. The van der Waals surface area contributed by atoms with E-state index in [4.69, 9.17) is 0 Å². The predicted octanol–water partition coefficient (Wildman–Crippen LogP) is 12.0. The highest BCUT2D eigenvalue weighted by Gasteiger charge is 2.56. The summed E-state index contributed by atoms with van der Waals surface area (Å²) in [5, 5.41) is 0. The molecule has 9 atom stereocenters. The molecule has 0 amide bonds. The lowest BCUT2D eigenvalue weighted by molar-refractivity contribution is 0.0272. The average Bonchev–Trinajstić information content (AvgIpc) is 3.48. The molecule has 1 saturated heterocycles. The van der Waals surface area contributed by atoms with Crippen molar-refractivity contribution >= 4 is 0 Å². The fourth-order valence-corrected chi connectivity index (χ4v) is 14.7. The second-order valence-corrected chi connectivity index (χ2v) is 19.2. The van der Waals surface area contributed by atoms with Crippen molar-refractivity contribution in [2.24, 2.45) is 47.3 Å². The summed E-state index contributed by atoms with van der Waals surface area (Å²) in [5.41, 5.74) is 1.84. The Hall–Kier alpha value is -1.02. The monoisotopic (exact) mass is 653 g/mol. The molecule has 0 bridgehead atoms. The zero-order valence-corrected chi connectivity index (χ0v) is 30.9. The molecule has 0 aromatic carbocycles. The molecular weight excluding hydrogens is 581 g/mol. The lowest BCUT2D eigenvalue weighted by atomic mass is 9.64. The lowest BCUT2D eigenvalue weighted by Gasteiger charge is -2.51. The number of rotatable bonds is 6. The first-order valence-electron chi connectivity index (χ1n) is 22.4. The van der Waals surface area contributed by atoms with E-state index in [2.05, 4.69) is 40.2 Å². The third-order valence-electron chi connectivity index (χ3n) is 17.0. The third-order valence-corrected chi connectivity index (χ3v) is 17.0. The van der Waals surface area contributed by atoms with Crippen LogP contribution in [0.2, 0.25) is 0 Å². The van der Waals surface area contributed by atoms with Gasteiger partial charge in [0.05, 0.1) is 0 Å². The Morgan fingerprint density at radius 1 is 0.500 bits per heavy atom. The van der Waals surface area contributed by atoms with Crippen molar-refractivity contribution in [3.63, 3.8) is 0 Å². The smallest absolute Gasteiger partial charge is 0.0305 e. The van der Waals surface area contributed by atoms with E-state index in [0.717, 1.165) is 77.6 Å². The van der Waals surface area contributed by atoms with Crippen LogP contribution in [0.15, 0.2) is 36.1 Å². The zero-order valence-electron chi connectivity index (χ0n) is 30.9. The molecule has 8 aliphatic carbocycles. The highest BCUT2D eigenvalue weighted by Crippen LogP contribution is 2.56. The Bertz CT molecular complexity index is 1150. The molecule has 9 aliphatic rings. The second kappa shape index (κ2) is 14.9. The average molecular weight is 653 g/mol. The quantitative estimate of drug-likeness (QED) is 0.263. The Balaban J connectivity index is 0.965. The van der Waals surface area contributed by atoms with E-state index >= 15 is 0 Å². The molecule has 0 aromatic rings. The van der Waals surface area contributed by atoms with Crippen LogP contribution >= 0.6 is 0 Å². The predicted molar refractivity (Wildman–Crippen MR) is 202 cm³/mol. The molecule has 2 heteroatoms. The molecule has 0 aromatic heterocycles. The Kier molecular flexibility index (Phi) is 10.2. The number of allylic oxidation sites excluding steroid dienone is 5. The van der Waals surface area contributed by atoms with Gasteiger partial charge in [0, 0.05) is 35.9 Å². The van der Waals surface area contributed by atoms with Gasteiger partial charge in [-0.1, -0.05) is 94.6 Å². The fourth-order valence-electron chi connectivity index (χ4n) is 14.7. The number of likely N-dealkylation sites (tertiary alicyclic amines) is 1. The van der Waals surface area contributed by atoms with Crippen LogP contribution in [0.25, 0.3) is 0 Å². The maximum Gasteiger partial charge on any atom is 0.0305 e. The summed E-state index contributed by atoms with van der Waals surface area (Å²) in [5.74, 6) is 7.94. The Morgan fingerprint density at radius 2 is 1.21 bits per heavy atom. The molecule has 0 radical (unpaired) electrons. The Morgan fingerprint density at radius 3 is 1.94 bits per heavy atom. The van der Waals surface area contributed by atoms with Crippen LogP contribution in [0.3, 0.4) is 0 Å². The fraction of sp³-hybridized carbons (Fsp3) is 0.870. The first kappa shape index (κ1) is 32.9. The summed E-state index contributed by atoms with van der Waals surface area (Å²) < 4.78 is 0. The van der Waals surface area contributed by atoms with Crippen molar-refractivity contribution in [3.8, 4) is 0 Å². The Labute approximate surface area is 296 Å². The van der Waals surface area contributed by atoms with Crippen LogP contribution in [0.4, 0.5) is 0 Å². The standard InChI is InChI=1S/C46H72N2/c1-4-12-33(13-5-1)35-20-24-40(25-21-35)47(41-26-22-36(23-27-41)34-14-6-2-7-15-34)42-28-29-43-44-30-37-16-10-11-17-38(37)31-45(44)48(46(43)32-42)39-18-8-3-9-19-39/h3,8,11,17,24,33-39,41-46H,1-2,4-7,9-10,12-16,18-23,25-32H2/t35-,36?,37?,38?,39?,41?,42+,43+,44?,45?,46?/m1/s1. The SMILES string of the molecule is C1=CC2CC3C(CC2CC1)[C@@H]1CC[C@H](N(C2=CC[C@@H](C4CCCCC4)CC2)C2CCC(C4CCCCC4)CC2)CC1N3C1CC=CCC1. The number of fused-ring (bicyclic) bond motifs is 4. The van der Waals surface area contributed by atoms with E-state index in [0.29, 0.717) is 0 Å². The van der Waals surface area contributed by atoms with Crippen LogP contribution in [-0.2, 0) is 0 Å². The number of hydrogen-bond donors (Lipinski definition) is 0. The maximum atomic E-state index is 3.27. The van der Waals surface area contributed by atoms with E-state index in [1.807, 2.05) is 5.70 Å². The van der Waals surface area contributed by atoms with Gasteiger partial charge in [-0.05, 0) is 156 Å². The van der Waals surface area contributed by atoms with Crippen molar-refractivity contribution in [1.29, 1.82) is 0 Å². The molecule has 1 heterocycles. The minimum Gasteiger partial charge on any atom is -0.369 e. The van der Waals surface area contributed by atoms with E-state index in [1.165, 1.54) is 154 Å². The largest absolute Gasteiger partial charge is 0.369 e. The highest BCUT2D eigenvalue weighted by molar-refractivity contribution is 5.16. The van der Waals surface area contributed by atoms with E-state index in [-0.39, 0.29) is 0 Å².